The van der Waals surface area contributed by atoms with Crippen molar-refractivity contribution in [2.24, 2.45) is 4.99 Å². The van der Waals surface area contributed by atoms with E-state index in [1.165, 1.54) is 6.07 Å². The lowest BCUT2D eigenvalue weighted by Gasteiger charge is -2.37. The summed E-state index contributed by atoms with van der Waals surface area (Å²) in [6.07, 6.45) is 2.34. The number of halogens is 2. The Bertz CT molecular complexity index is 732. The van der Waals surface area contributed by atoms with Gasteiger partial charge in [-0.25, -0.2) is 4.39 Å². The van der Waals surface area contributed by atoms with Crippen LogP contribution in [-0.4, -0.2) is 13.3 Å². The Morgan fingerprint density at radius 3 is 2.65 bits per heavy atom. The third kappa shape index (κ3) is 3.23. The molecule has 1 aliphatic heterocycles. The standard InChI is InChI=1S/C18H18ClFN2O/c1-18(13-4-6-14(23-2)7-5-13)9-10-21-17(22-18)12-3-8-15(19)16(20)11-12/h3-8,10-11,17,22H,9H2,1-2H3. The van der Waals surface area contributed by atoms with Crippen LogP contribution in [0.1, 0.15) is 30.6 Å². The minimum absolute atomic E-state index is 0.117. The number of hydrogen-bond acceptors (Lipinski definition) is 3. The van der Waals surface area contributed by atoms with E-state index >= 15 is 0 Å². The molecular weight excluding hydrogens is 315 g/mol. The summed E-state index contributed by atoms with van der Waals surface area (Å²) in [6, 6.07) is 12.7. The van der Waals surface area contributed by atoms with Crippen LogP contribution in [0.25, 0.3) is 0 Å². The molecule has 1 aliphatic rings. The zero-order valence-electron chi connectivity index (χ0n) is 13.0. The van der Waals surface area contributed by atoms with Gasteiger partial charge in [0.25, 0.3) is 0 Å². The molecular formula is C18H18ClFN2O. The quantitative estimate of drug-likeness (QED) is 0.900. The molecule has 1 N–H and O–H groups in total. The maximum absolute atomic E-state index is 13.7. The molecule has 3 nitrogen and oxygen atoms in total. The number of ether oxygens (including phenoxy) is 1. The van der Waals surface area contributed by atoms with Crippen molar-refractivity contribution >= 4 is 17.8 Å². The van der Waals surface area contributed by atoms with E-state index in [0.717, 1.165) is 23.3 Å². The fourth-order valence-electron chi connectivity index (χ4n) is 2.75. The molecule has 0 bridgehead atoms. The van der Waals surface area contributed by atoms with Gasteiger partial charge in [-0.1, -0.05) is 29.8 Å². The van der Waals surface area contributed by atoms with Crippen LogP contribution in [0.5, 0.6) is 5.75 Å². The van der Waals surface area contributed by atoms with E-state index in [2.05, 4.69) is 17.2 Å². The van der Waals surface area contributed by atoms with Crippen LogP contribution < -0.4 is 10.1 Å². The molecule has 0 aromatic heterocycles. The van der Waals surface area contributed by atoms with Gasteiger partial charge in [0.1, 0.15) is 17.7 Å². The summed E-state index contributed by atoms with van der Waals surface area (Å²) < 4.78 is 18.9. The Balaban J connectivity index is 1.87. The first-order chi connectivity index (χ1) is 11.0. The Hall–Kier alpha value is -1.91. The smallest absolute Gasteiger partial charge is 0.142 e. The molecule has 23 heavy (non-hydrogen) atoms. The molecule has 0 spiro atoms. The first-order valence-electron chi connectivity index (χ1n) is 7.41. The summed E-state index contributed by atoms with van der Waals surface area (Å²) in [4.78, 5) is 4.45. The van der Waals surface area contributed by atoms with Crippen molar-refractivity contribution in [2.75, 3.05) is 7.11 Å². The van der Waals surface area contributed by atoms with Crippen molar-refractivity contribution in [3.05, 3.63) is 64.4 Å². The first-order valence-corrected chi connectivity index (χ1v) is 7.78. The second kappa shape index (κ2) is 6.30. The van der Waals surface area contributed by atoms with Gasteiger partial charge in [0.05, 0.1) is 12.1 Å². The molecule has 1 heterocycles. The number of nitrogens with zero attached hydrogens (tertiary/aromatic N) is 1. The summed E-state index contributed by atoms with van der Waals surface area (Å²) in [5.74, 6) is 0.385. The molecule has 0 saturated carbocycles. The van der Waals surface area contributed by atoms with Crippen molar-refractivity contribution in [1.29, 1.82) is 0 Å². The van der Waals surface area contributed by atoms with Gasteiger partial charge in [0, 0.05) is 18.2 Å². The van der Waals surface area contributed by atoms with Crippen LogP contribution in [0.3, 0.4) is 0 Å². The van der Waals surface area contributed by atoms with E-state index < -0.39 is 5.82 Å². The van der Waals surface area contributed by atoms with Crippen LogP contribution in [0.2, 0.25) is 5.02 Å². The molecule has 0 aliphatic carbocycles. The molecule has 2 aromatic rings. The average Bonchev–Trinajstić information content (AvgIpc) is 2.57. The van der Waals surface area contributed by atoms with Crippen LogP contribution in [0.15, 0.2) is 47.5 Å². The van der Waals surface area contributed by atoms with Crippen molar-refractivity contribution in [3.63, 3.8) is 0 Å². The van der Waals surface area contributed by atoms with Gasteiger partial charge in [0.15, 0.2) is 0 Å². The third-order valence-electron chi connectivity index (χ3n) is 4.20. The first kappa shape index (κ1) is 16.0. The molecule has 2 unspecified atom stereocenters. The summed E-state index contributed by atoms with van der Waals surface area (Å²) >= 11 is 5.75. The van der Waals surface area contributed by atoms with Gasteiger partial charge < -0.3 is 4.74 Å². The van der Waals surface area contributed by atoms with Crippen molar-refractivity contribution < 1.29 is 9.13 Å². The van der Waals surface area contributed by atoms with Gasteiger partial charge in [-0.05, 0) is 42.3 Å². The topological polar surface area (TPSA) is 33.6 Å². The van der Waals surface area contributed by atoms with Gasteiger partial charge in [-0.3, -0.25) is 10.3 Å². The second-order valence-electron chi connectivity index (χ2n) is 5.82. The van der Waals surface area contributed by atoms with Crippen molar-refractivity contribution in [1.82, 2.24) is 5.32 Å². The molecule has 0 radical (unpaired) electrons. The normalized spacial score (nSPS) is 23.7. The average molecular weight is 333 g/mol. The van der Waals surface area contributed by atoms with Crippen LogP contribution in [-0.2, 0) is 5.54 Å². The van der Waals surface area contributed by atoms with Gasteiger partial charge in [0.2, 0.25) is 0 Å². The molecule has 0 amide bonds. The Kier molecular flexibility index (Phi) is 4.37. The highest BCUT2D eigenvalue weighted by Crippen LogP contribution is 2.33. The highest BCUT2D eigenvalue weighted by atomic mass is 35.5. The summed E-state index contributed by atoms with van der Waals surface area (Å²) in [5, 5.41) is 3.62. The number of methoxy groups -OCH3 is 1. The molecule has 5 heteroatoms. The largest absolute Gasteiger partial charge is 0.497 e. The third-order valence-corrected chi connectivity index (χ3v) is 4.50. The van der Waals surface area contributed by atoms with Gasteiger partial charge >= 0.3 is 0 Å². The predicted molar refractivity (Wildman–Crippen MR) is 90.7 cm³/mol. The number of nitrogens with one attached hydrogen (secondary N) is 1. The van der Waals surface area contributed by atoms with E-state index in [1.807, 2.05) is 30.5 Å². The molecule has 120 valence electrons. The lowest BCUT2D eigenvalue weighted by atomic mass is 9.87. The predicted octanol–water partition coefficient (Wildman–Crippen LogP) is 4.47. The van der Waals surface area contributed by atoms with E-state index in [0.29, 0.717) is 0 Å². The summed E-state index contributed by atoms with van der Waals surface area (Å²) in [6.45, 7) is 2.11. The van der Waals surface area contributed by atoms with E-state index in [-0.39, 0.29) is 16.7 Å². The maximum atomic E-state index is 13.7. The lowest BCUT2D eigenvalue weighted by molar-refractivity contribution is 0.316. The molecule has 0 fully saturated rings. The molecule has 2 aromatic carbocycles. The van der Waals surface area contributed by atoms with Crippen LogP contribution >= 0.6 is 11.6 Å². The van der Waals surface area contributed by atoms with E-state index in [4.69, 9.17) is 16.3 Å². The van der Waals surface area contributed by atoms with Crippen LogP contribution in [0, 0.1) is 5.82 Å². The lowest BCUT2D eigenvalue weighted by Crippen LogP contribution is -2.44. The van der Waals surface area contributed by atoms with Crippen molar-refractivity contribution in [3.8, 4) is 5.75 Å². The molecule has 0 saturated heterocycles. The van der Waals surface area contributed by atoms with Gasteiger partial charge in [-0.15, -0.1) is 0 Å². The molecule has 3 rings (SSSR count). The Labute approximate surface area is 140 Å². The van der Waals surface area contributed by atoms with Crippen molar-refractivity contribution in [2.45, 2.75) is 25.0 Å². The highest BCUT2D eigenvalue weighted by Gasteiger charge is 2.32. The van der Waals surface area contributed by atoms with Crippen LogP contribution in [0.4, 0.5) is 4.39 Å². The fourth-order valence-corrected chi connectivity index (χ4v) is 2.87. The number of benzene rings is 2. The number of hydrogen-bond donors (Lipinski definition) is 1. The Morgan fingerprint density at radius 1 is 1.26 bits per heavy atom. The minimum atomic E-state index is -0.433. The maximum Gasteiger partial charge on any atom is 0.142 e. The molecule has 2 atom stereocenters. The zero-order chi connectivity index (χ0) is 16.4. The highest BCUT2D eigenvalue weighted by molar-refractivity contribution is 6.30. The monoisotopic (exact) mass is 332 g/mol. The van der Waals surface area contributed by atoms with Gasteiger partial charge in [-0.2, -0.15) is 0 Å². The minimum Gasteiger partial charge on any atom is -0.497 e. The van der Waals surface area contributed by atoms with E-state index in [1.54, 1.807) is 19.2 Å². The number of aliphatic imine (C=N–C) groups is 1. The summed E-state index contributed by atoms with van der Waals surface area (Å²) in [7, 11) is 1.65. The van der Waals surface area contributed by atoms with E-state index in [9.17, 15) is 4.39 Å². The SMILES string of the molecule is COc1ccc(C2(C)CC=NC(c3ccc(Cl)c(F)c3)N2)cc1. The zero-order valence-corrected chi connectivity index (χ0v) is 13.8. The Morgan fingerprint density at radius 2 is 2.00 bits per heavy atom. The number of rotatable bonds is 3. The fraction of sp³-hybridized carbons (Fsp3) is 0.278. The second-order valence-corrected chi connectivity index (χ2v) is 6.22. The summed E-state index contributed by atoms with van der Waals surface area (Å²) in [5.41, 5.74) is 1.60.